The van der Waals surface area contributed by atoms with Crippen LogP contribution < -0.4 is 9.80 Å². The number of allylic oxidation sites excluding steroid dienone is 4. The number of rotatable bonds is 13. The summed E-state index contributed by atoms with van der Waals surface area (Å²) in [5.74, 6) is 0. The van der Waals surface area contributed by atoms with Gasteiger partial charge < -0.3 is 9.80 Å². The van der Waals surface area contributed by atoms with E-state index in [9.17, 15) is 0 Å². The molecule has 0 bridgehead atoms. The van der Waals surface area contributed by atoms with Crippen LogP contribution in [0.25, 0.3) is 35.4 Å². The predicted molar refractivity (Wildman–Crippen MR) is 250 cm³/mol. The Kier molecular flexibility index (Phi) is 12.1. The first-order valence-electron chi connectivity index (χ1n) is 19.7. The first-order valence-corrected chi connectivity index (χ1v) is 19.7. The predicted octanol–water partition coefficient (Wildman–Crippen LogP) is 15.7. The molecule has 0 aromatic heterocycles. The summed E-state index contributed by atoms with van der Waals surface area (Å²) in [6.07, 6.45) is 16.8. The van der Waals surface area contributed by atoms with Crippen LogP contribution in [0.15, 0.2) is 243 Å². The summed E-state index contributed by atoms with van der Waals surface area (Å²) in [6.45, 7) is 0. The molecule has 8 aromatic rings. The number of anilines is 6. The van der Waals surface area contributed by atoms with Crippen LogP contribution in [-0.2, 0) is 0 Å². The van der Waals surface area contributed by atoms with E-state index < -0.39 is 0 Å². The summed E-state index contributed by atoms with van der Waals surface area (Å²) in [5.41, 5.74) is 13.6. The Hall–Kier alpha value is -7.68. The first-order chi connectivity index (χ1) is 28.8. The van der Waals surface area contributed by atoms with Gasteiger partial charge in [-0.15, -0.1) is 0 Å². The molecule has 2 nitrogen and oxygen atoms in total. The van der Waals surface area contributed by atoms with E-state index in [-0.39, 0.29) is 0 Å². The van der Waals surface area contributed by atoms with Crippen LogP contribution in [0.1, 0.15) is 22.3 Å². The van der Waals surface area contributed by atoms with Gasteiger partial charge in [0.05, 0.1) is 0 Å². The minimum absolute atomic E-state index is 1.10. The monoisotopic (exact) mass is 744 g/mol. The van der Waals surface area contributed by atoms with Gasteiger partial charge in [-0.2, -0.15) is 0 Å². The second kappa shape index (κ2) is 18.8. The van der Waals surface area contributed by atoms with Gasteiger partial charge in [-0.3, -0.25) is 0 Å². The molecule has 0 aliphatic heterocycles. The molecule has 58 heavy (non-hydrogen) atoms. The van der Waals surface area contributed by atoms with Crippen molar-refractivity contribution >= 4 is 58.4 Å². The zero-order valence-corrected chi connectivity index (χ0v) is 32.3. The Bertz CT molecular complexity index is 2400. The maximum Gasteiger partial charge on any atom is 0.0462 e. The Morgan fingerprint density at radius 2 is 0.431 bits per heavy atom. The highest BCUT2D eigenvalue weighted by Crippen LogP contribution is 2.38. The fraction of sp³-hybridized carbons (Fsp3) is 0. The van der Waals surface area contributed by atoms with Gasteiger partial charge in [-0.25, -0.2) is 0 Å². The Morgan fingerprint density at radius 3 is 0.724 bits per heavy atom. The zero-order chi connectivity index (χ0) is 39.2. The minimum atomic E-state index is 1.10. The Morgan fingerprint density at radius 1 is 0.207 bits per heavy atom. The summed E-state index contributed by atoms with van der Waals surface area (Å²) >= 11 is 0. The van der Waals surface area contributed by atoms with Gasteiger partial charge in [0.2, 0.25) is 0 Å². The maximum absolute atomic E-state index is 2.30. The van der Waals surface area contributed by atoms with Gasteiger partial charge in [-0.05, 0) is 106 Å². The topological polar surface area (TPSA) is 6.48 Å². The fourth-order valence-corrected chi connectivity index (χ4v) is 6.92. The zero-order valence-electron chi connectivity index (χ0n) is 32.3. The van der Waals surface area contributed by atoms with Gasteiger partial charge in [-0.1, -0.05) is 194 Å². The Labute approximate surface area is 343 Å². The lowest BCUT2D eigenvalue weighted by molar-refractivity contribution is 1.28. The van der Waals surface area contributed by atoms with E-state index in [0.717, 1.165) is 56.4 Å². The smallest absolute Gasteiger partial charge is 0.0462 e. The molecule has 8 aromatic carbocycles. The molecule has 278 valence electrons. The van der Waals surface area contributed by atoms with Crippen molar-refractivity contribution in [3.05, 3.63) is 265 Å². The largest absolute Gasteiger partial charge is 0.311 e. The van der Waals surface area contributed by atoms with Crippen molar-refractivity contribution in [1.82, 2.24) is 0 Å². The number of para-hydroxylation sites is 2. The normalized spacial score (nSPS) is 11.5. The van der Waals surface area contributed by atoms with E-state index >= 15 is 0 Å². The second-order valence-electron chi connectivity index (χ2n) is 13.9. The van der Waals surface area contributed by atoms with Gasteiger partial charge >= 0.3 is 0 Å². The van der Waals surface area contributed by atoms with E-state index in [1.165, 1.54) is 11.1 Å². The lowest BCUT2D eigenvalue weighted by Crippen LogP contribution is -2.10. The third-order valence-electron chi connectivity index (χ3n) is 9.89. The number of nitrogens with zero attached hydrogens (tertiary/aromatic N) is 2. The van der Waals surface area contributed by atoms with Crippen molar-refractivity contribution in [3.8, 4) is 11.1 Å². The summed E-state index contributed by atoms with van der Waals surface area (Å²) in [4.78, 5) is 4.60. The van der Waals surface area contributed by atoms with Crippen LogP contribution in [0.5, 0.6) is 0 Å². The summed E-state index contributed by atoms with van der Waals surface area (Å²) < 4.78 is 0. The summed E-state index contributed by atoms with van der Waals surface area (Å²) in [7, 11) is 0. The molecule has 0 amide bonds. The van der Waals surface area contributed by atoms with E-state index in [4.69, 9.17) is 0 Å². The average Bonchev–Trinajstić information content (AvgIpc) is 3.30. The van der Waals surface area contributed by atoms with Crippen LogP contribution >= 0.6 is 0 Å². The summed E-state index contributed by atoms with van der Waals surface area (Å²) in [5, 5.41) is 0. The van der Waals surface area contributed by atoms with Crippen molar-refractivity contribution in [2.24, 2.45) is 0 Å². The van der Waals surface area contributed by atoms with E-state index in [0.29, 0.717) is 0 Å². The van der Waals surface area contributed by atoms with E-state index in [1.54, 1.807) is 0 Å². The van der Waals surface area contributed by atoms with Gasteiger partial charge in [0.15, 0.2) is 0 Å². The van der Waals surface area contributed by atoms with Gasteiger partial charge in [0, 0.05) is 34.1 Å². The molecule has 0 aliphatic carbocycles. The van der Waals surface area contributed by atoms with E-state index in [1.807, 2.05) is 12.1 Å². The molecular formula is C56H44N2. The van der Waals surface area contributed by atoms with Crippen molar-refractivity contribution in [1.29, 1.82) is 0 Å². The highest BCUT2D eigenvalue weighted by Gasteiger charge is 2.14. The van der Waals surface area contributed by atoms with Crippen LogP contribution in [-0.4, -0.2) is 0 Å². The van der Waals surface area contributed by atoms with Crippen molar-refractivity contribution in [2.75, 3.05) is 9.80 Å². The fourth-order valence-electron chi connectivity index (χ4n) is 6.92. The lowest BCUT2D eigenvalue weighted by atomic mass is 10.0. The van der Waals surface area contributed by atoms with Crippen molar-refractivity contribution in [3.63, 3.8) is 0 Å². The van der Waals surface area contributed by atoms with Crippen LogP contribution in [0.4, 0.5) is 34.1 Å². The molecule has 0 heterocycles. The third kappa shape index (κ3) is 9.57. The van der Waals surface area contributed by atoms with Crippen LogP contribution in [0, 0.1) is 0 Å². The van der Waals surface area contributed by atoms with Crippen molar-refractivity contribution < 1.29 is 0 Å². The lowest BCUT2D eigenvalue weighted by Gasteiger charge is -2.26. The molecule has 0 saturated heterocycles. The molecular weight excluding hydrogens is 701 g/mol. The number of hydrogen-bond donors (Lipinski definition) is 0. The molecule has 0 fully saturated rings. The molecule has 0 N–H and O–H groups in total. The maximum atomic E-state index is 2.30. The van der Waals surface area contributed by atoms with Crippen LogP contribution in [0.2, 0.25) is 0 Å². The molecule has 2 heteroatoms. The first kappa shape index (κ1) is 37.3. The molecule has 0 aliphatic rings. The average molecular weight is 745 g/mol. The third-order valence-corrected chi connectivity index (χ3v) is 9.89. The molecule has 0 radical (unpaired) electrons. The minimum Gasteiger partial charge on any atom is -0.311 e. The highest BCUT2D eigenvalue weighted by atomic mass is 15.1. The van der Waals surface area contributed by atoms with Crippen LogP contribution in [0.3, 0.4) is 0 Å². The SMILES string of the molecule is C(/C=C\c1ccc(N(c2ccccc2)c2ccc(-c3ccc(N(c4ccccc4)c4ccc(/C=C\C=C/c5ccccc5)cc4)cc3)cc2)cc1)=C/c1ccccc1. The number of hydrogen-bond acceptors (Lipinski definition) is 2. The quantitative estimate of drug-likeness (QED) is 0.108. The van der Waals surface area contributed by atoms with Gasteiger partial charge in [0.1, 0.15) is 0 Å². The highest BCUT2D eigenvalue weighted by molar-refractivity contribution is 5.81. The standard InChI is InChI=1S/C56H44N2/c1-5-17-45(18-6-1)21-13-15-23-47-29-37-53(38-30-47)57(51-25-9-3-10-26-51)55-41-33-49(34-42-55)50-35-43-56(44-36-50)58(52-27-11-4-12-28-52)54-39-31-48(32-40-54)24-16-14-22-46-19-7-2-8-20-46/h1-44H/b21-13-,22-14-,23-15-,24-16-. The second-order valence-corrected chi connectivity index (χ2v) is 13.9. The Balaban J connectivity index is 0.994. The number of benzene rings is 8. The van der Waals surface area contributed by atoms with E-state index in [2.05, 4.69) is 265 Å². The molecule has 0 saturated carbocycles. The van der Waals surface area contributed by atoms with Crippen molar-refractivity contribution in [2.45, 2.75) is 0 Å². The summed E-state index contributed by atoms with van der Waals surface area (Å²) in [6, 6.07) is 76.9. The molecule has 0 unspecified atom stereocenters. The van der Waals surface area contributed by atoms with Gasteiger partial charge in [0.25, 0.3) is 0 Å². The molecule has 0 atom stereocenters. The molecule has 0 spiro atoms. The molecule has 8 rings (SSSR count).